The number of anilines is 1. The van der Waals surface area contributed by atoms with Gasteiger partial charge in [0.05, 0.1) is 0 Å². The minimum atomic E-state index is 0.711. The predicted octanol–water partition coefficient (Wildman–Crippen LogP) is 2.21. The summed E-state index contributed by atoms with van der Waals surface area (Å²) in [5, 5.41) is 3.46. The zero-order valence-corrected chi connectivity index (χ0v) is 7.10. The van der Waals surface area contributed by atoms with Crippen molar-refractivity contribution in [3.8, 4) is 0 Å². The van der Waals surface area contributed by atoms with Crippen molar-refractivity contribution in [3.63, 3.8) is 0 Å². The predicted molar refractivity (Wildman–Crippen MR) is 51.2 cm³/mol. The second-order valence-corrected chi connectivity index (χ2v) is 3.82. The third-order valence-electron chi connectivity index (χ3n) is 1.78. The van der Waals surface area contributed by atoms with Crippen LogP contribution in [0.5, 0.6) is 0 Å². The van der Waals surface area contributed by atoms with E-state index in [0.29, 0.717) is 6.04 Å². The van der Waals surface area contributed by atoms with Crippen LogP contribution in [0, 0.1) is 0 Å². The van der Waals surface area contributed by atoms with Crippen molar-refractivity contribution in [1.29, 1.82) is 0 Å². The molecule has 0 aromatic heterocycles. The van der Waals surface area contributed by atoms with Gasteiger partial charge in [0.2, 0.25) is 0 Å². The van der Waals surface area contributed by atoms with Gasteiger partial charge in [0.1, 0.15) is 0 Å². The van der Waals surface area contributed by atoms with Crippen LogP contribution in [0.1, 0.15) is 0 Å². The second-order valence-electron chi connectivity index (χ2n) is 2.74. The molecule has 0 bridgehead atoms. The number of rotatable bonds is 2. The van der Waals surface area contributed by atoms with Gasteiger partial charge in [-0.3, -0.25) is 0 Å². The maximum absolute atomic E-state index is 3.46. The van der Waals surface area contributed by atoms with Gasteiger partial charge < -0.3 is 5.32 Å². The van der Waals surface area contributed by atoms with Crippen molar-refractivity contribution < 1.29 is 0 Å². The van der Waals surface area contributed by atoms with E-state index >= 15 is 0 Å². The lowest BCUT2D eigenvalue weighted by atomic mass is 10.3. The Morgan fingerprint density at radius 1 is 1.18 bits per heavy atom. The van der Waals surface area contributed by atoms with Crippen molar-refractivity contribution in [2.75, 3.05) is 16.8 Å². The Morgan fingerprint density at radius 3 is 2.45 bits per heavy atom. The molecule has 1 aliphatic rings. The molecule has 0 saturated carbocycles. The van der Waals surface area contributed by atoms with Gasteiger partial charge >= 0.3 is 0 Å². The van der Waals surface area contributed by atoms with E-state index in [1.165, 1.54) is 17.2 Å². The number of benzene rings is 1. The van der Waals surface area contributed by atoms with E-state index in [-0.39, 0.29) is 0 Å². The first kappa shape index (κ1) is 7.04. The van der Waals surface area contributed by atoms with Gasteiger partial charge in [-0.15, -0.1) is 0 Å². The van der Waals surface area contributed by atoms with Crippen molar-refractivity contribution >= 4 is 17.4 Å². The molecule has 1 nitrogen and oxygen atoms in total. The van der Waals surface area contributed by atoms with Gasteiger partial charge in [0.25, 0.3) is 0 Å². The summed E-state index contributed by atoms with van der Waals surface area (Å²) < 4.78 is 0. The molecular weight excluding hydrogens is 154 g/mol. The van der Waals surface area contributed by atoms with Gasteiger partial charge in [0, 0.05) is 23.2 Å². The highest BCUT2D eigenvalue weighted by molar-refractivity contribution is 8.00. The van der Waals surface area contributed by atoms with Crippen LogP contribution in [0.4, 0.5) is 5.69 Å². The number of para-hydroxylation sites is 1. The Kier molecular flexibility index (Phi) is 2.04. The van der Waals surface area contributed by atoms with E-state index in [2.05, 4.69) is 29.6 Å². The van der Waals surface area contributed by atoms with E-state index in [1.54, 1.807) is 0 Å². The maximum Gasteiger partial charge on any atom is 0.0442 e. The van der Waals surface area contributed by atoms with Gasteiger partial charge in [-0.05, 0) is 12.1 Å². The quantitative estimate of drug-likeness (QED) is 0.721. The third-order valence-corrected chi connectivity index (χ3v) is 3.06. The van der Waals surface area contributed by atoms with Gasteiger partial charge in [0.15, 0.2) is 0 Å². The van der Waals surface area contributed by atoms with Crippen LogP contribution in [-0.4, -0.2) is 17.5 Å². The molecule has 2 rings (SSSR count). The molecule has 1 aromatic rings. The van der Waals surface area contributed by atoms with Crippen LogP contribution < -0.4 is 5.32 Å². The lowest BCUT2D eigenvalue weighted by Crippen LogP contribution is -2.33. The molecule has 58 valence electrons. The monoisotopic (exact) mass is 165 g/mol. The number of nitrogens with one attached hydrogen (secondary N) is 1. The zero-order chi connectivity index (χ0) is 7.52. The molecule has 0 radical (unpaired) electrons. The normalized spacial score (nSPS) is 17.5. The first-order valence-electron chi connectivity index (χ1n) is 3.84. The SMILES string of the molecule is c1ccc(NC2CSC2)cc1. The summed E-state index contributed by atoms with van der Waals surface area (Å²) in [6.07, 6.45) is 0. The molecule has 1 fully saturated rings. The highest BCUT2D eigenvalue weighted by atomic mass is 32.2. The van der Waals surface area contributed by atoms with Crippen LogP contribution in [0.3, 0.4) is 0 Å². The summed E-state index contributed by atoms with van der Waals surface area (Å²) in [6, 6.07) is 11.1. The fraction of sp³-hybridized carbons (Fsp3) is 0.333. The van der Waals surface area contributed by atoms with Crippen LogP contribution in [-0.2, 0) is 0 Å². The Hall–Kier alpha value is -0.630. The van der Waals surface area contributed by atoms with Crippen molar-refractivity contribution in [2.45, 2.75) is 6.04 Å². The molecule has 0 atom stereocenters. The molecule has 0 aliphatic carbocycles. The lowest BCUT2D eigenvalue weighted by Gasteiger charge is -2.26. The average molecular weight is 165 g/mol. The summed E-state index contributed by atoms with van der Waals surface area (Å²) in [4.78, 5) is 0. The van der Waals surface area contributed by atoms with Gasteiger partial charge in [-0.2, -0.15) is 11.8 Å². The van der Waals surface area contributed by atoms with Crippen LogP contribution in [0.25, 0.3) is 0 Å². The van der Waals surface area contributed by atoms with Crippen LogP contribution in [0.15, 0.2) is 30.3 Å². The van der Waals surface area contributed by atoms with E-state index in [9.17, 15) is 0 Å². The molecular formula is C9H11NS. The largest absolute Gasteiger partial charge is 0.381 e. The molecule has 1 aromatic carbocycles. The highest BCUT2D eigenvalue weighted by Crippen LogP contribution is 2.21. The summed E-state index contributed by atoms with van der Waals surface area (Å²) in [7, 11) is 0. The van der Waals surface area contributed by atoms with Crippen molar-refractivity contribution in [1.82, 2.24) is 0 Å². The summed E-state index contributed by atoms with van der Waals surface area (Å²) >= 11 is 2.00. The van der Waals surface area contributed by atoms with Gasteiger partial charge in [-0.1, -0.05) is 18.2 Å². The third kappa shape index (κ3) is 1.69. The lowest BCUT2D eigenvalue weighted by molar-refractivity contribution is 0.882. The molecule has 0 amide bonds. The minimum Gasteiger partial charge on any atom is -0.381 e. The minimum absolute atomic E-state index is 0.711. The molecule has 1 saturated heterocycles. The van der Waals surface area contributed by atoms with Gasteiger partial charge in [-0.25, -0.2) is 0 Å². The molecule has 1 N–H and O–H groups in total. The number of hydrogen-bond acceptors (Lipinski definition) is 2. The molecule has 1 heterocycles. The summed E-state index contributed by atoms with van der Waals surface area (Å²) in [5.74, 6) is 2.52. The van der Waals surface area contributed by atoms with Crippen molar-refractivity contribution in [3.05, 3.63) is 30.3 Å². The summed E-state index contributed by atoms with van der Waals surface area (Å²) in [5.41, 5.74) is 1.25. The maximum atomic E-state index is 3.46. The van der Waals surface area contributed by atoms with Crippen molar-refractivity contribution in [2.24, 2.45) is 0 Å². The first-order chi connectivity index (χ1) is 5.45. The molecule has 2 heteroatoms. The van der Waals surface area contributed by atoms with E-state index in [1.807, 2.05) is 17.8 Å². The fourth-order valence-electron chi connectivity index (χ4n) is 1.09. The molecule has 0 spiro atoms. The fourth-order valence-corrected chi connectivity index (χ4v) is 1.73. The average Bonchev–Trinajstić information content (AvgIpc) is 1.99. The van der Waals surface area contributed by atoms with E-state index in [4.69, 9.17) is 0 Å². The number of thioether (sulfide) groups is 1. The smallest absolute Gasteiger partial charge is 0.0442 e. The molecule has 11 heavy (non-hydrogen) atoms. The van der Waals surface area contributed by atoms with Crippen LogP contribution in [0.2, 0.25) is 0 Å². The Balaban J connectivity index is 1.95. The topological polar surface area (TPSA) is 12.0 Å². The van der Waals surface area contributed by atoms with Crippen LogP contribution >= 0.6 is 11.8 Å². The molecule has 0 unspecified atom stereocenters. The Bertz CT molecular complexity index is 218. The highest BCUT2D eigenvalue weighted by Gasteiger charge is 2.16. The Morgan fingerprint density at radius 2 is 1.91 bits per heavy atom. The zero-order valence-electron chi connectivity index (χ0n) is 6.29. The standard InChI is InChI=1S/C9H11NS/c1-2-4-8(5-3-1)10-9-6-11-7-9/h1-5,9-10H,6-7H2. The number of hydrogen-bond donors (Lipinski definition) is 1. The first-order valence-corrected chi connectivity index (χ1v) is 5.00. The summed E-state index contributed by atoms with van der Waals surface area (Å²) in [6.45, 7) is 0. The second kappa shape index (κ2) is 3.18. The van der Waals surface area contributed by atoms with E-state index in [0.717, 1.165) is 0 Å². The molecule has 1 aliphatic heterocycles. The van der Waals surface area contributed by atoms with E-state index < -0.39 is 0 Å². The Labute approximate surface area is 71.2 Å².